The molecule has 0 atom stereocenters. The Kier molecular flexibility index (Phi) is 4.57. The Morgan fingerprint density at radius 3 is 2.67 bits per heavy atom. The Balaban J connectivity index is 1.62. The number of anilines is 1. The summed E-state index contributed by atoms with van der Waals surface area (Å²) in [5.74, 6) is 0.422. The van der Waals surface area contributed by atoms with Crippen LogP contribution in [0.25, 0.3) is 5.69 Å². The third-order valence-corrected chi connectivity index (χ3v) is 4.87. The average Bonchev–Trinajstić information content (AvgIpc) is 3.04. The largest absolute Gasteiger partial charge is 0.486 e. The van der Waals surface area contributed by atoms with Crippen LogP contribution in [-0.4, -0.2) is 28.9 Å². The van der Waals surface area contributed by atoms with Crippen molar-refractivity contribution in [3.63, 3.8) is 0 Å². The molecule has 1 aromatic heterocycles. The number of nitrogens with zero attached hydrogens (tertiary/aromatic N) is 2. The number of carbonyl (C=O) groups is 1. The first-order chi connectivity index (χ1) is 13.0. The van der Waals surface area contributed by atoms with Gasteiger partial charge in [-0.05, 0) is 35.0 Å². The second kappa shape index (κ2) is 7.03. The number of nitrogens with one attached hydrogen (secondary N) is 1. The van der Waals surface area contributed by atoms with Crippen molar-refractivity contribution in [1.82, 2.24) is 9.78 Å². The molecule has 27 heavy (non-hydrogen) atoms. The summed E-state index contributed by atoms with van der Waals surface area (Å²) >= 11 is 3.43. The topological polar surface area (TPSA) is 65.4 Å². The average molecular weight is 432 g/mol. The van der Waals surface area contributed by atoms with Crippen molar-refractivity contribution in [2.75, 3.05) is 18.5 Å². The number of rotatable bonds is 3. The minimum atomic E-state index is -0.412. The molecule has 0 saturated carbocycles. The summed E-state index contributed by atoms with van der Waals surface area (Å²) in [7, 11) is 0. The second-order valence-electron chi connectivity index (χ2n) is 5.94. The molecule has 0 unspecified atom stereocenters. The summed E-state index contributed by atoms with van der Waals surface area (Å²) in [5.41, 5.74) is 1.71. The number of fused-ring (bicyclic) bond motifs is 1. The standard InChI is InChI=1S/C19H15BrFN3O3/c1-11-12(10-22-24(11)16-5-3-2-4-14(16)21)19(25)23-15-9-18-17(8-13(15)20)26-6-7-27-18/h2-5,8-10H,6-7H2,1H3,(H,23,25). The lowest BCUT2D eigenvalue weighted by Crippen LogP contribution is -2.17. The van der Waals surface area contributed by atoms with Crippen LogP contribution in [-0.2, 0) is 0 Å². The molecule has 1 amide bonds. The smallest absolute Gasteiger partial charge is 0.259 e. The monoisotopic (exact) mass is 431 g/mol. The maximum absolute atomic E-state index is 14.0. The summed E-state index contributed by atoms with van der Waals surface area (Å²) in [6.07, 6.45) is 1.42. The van der Waals surface area contributed by atoms with Crippen LogP contribution < -0.4 is 14.8 Å². The van der Waals surface area contributed by atoms with Gasteiger partial charge >= 0.3 is 0 Å². The summed E-state index contributed by atoms with van der Waals surface area (Å²) in [6.45, 7) is 2.66. The zero-order chi connectivity index (χ0) is 19.0. The molecule has 2 heterocycles. The fraction of sp³-hybridized carbons (Fsp3) is 0.158. The van der Waals surface area contributed by atoms with Crippen molar-refractivity contribution in [1.29, 1.82) is 0 Å². The molecule has 3 aromatic rings. The number of para-hydroxylation sites is 1. The third-order valence-electron chi connectivity index (χ3n) is 4.22. The number of amides is 1. The zero-order valence-electron chi connectivity index (χ0n) is 14.3. The van der Waals surface area contributed by atoms with Crippen LogP contribution in [0.4, 0.5) is 10.1 Å². The minimum absolute atomic E-state index is 0.287. The molecular weight excluding hydrogens is 417 g/mol. The van der Waals surface area contributed by atoms with Crippen LogP contribution in [0.3, 0.4) is 0 Å². The first-order valence-electron chi connectivity index (χ1n) is 8.24. The van der Waals surface area contributed by atoms with E-state index in [4.69, 9.17) is 9.47 Å². The maximum atomic E-state index is 14.0. The molecule has 0 radical (unpaired) electrons. The molecule has 0 spiro atoms. The summed E-state index contributed by atoms with van der Waals surface area (Å²) in [5, 5.41) is 6.99. The lowest BCUT2D eigenvalue weighted by Gasteiger charge is -2.20. The molecule has 0 bridgehead atoms. The first kappa shape index (κ1) is 17.5. The Morgan fingerprint density at radius 1 is 1.22 bits per heavy atom. The van der Waals surface area contributed by atoms with E-state index >= 15 is 0 Å². The van der Waals surface area contributed by atoms with E-state index in [0.717, 1.165) is 0 Å². The quantitative estimate of drug-likeness (QED) is 0.677. The van der Waals surface area contributed by atoms with E-state index in [0.29, 0.717) is 46.1 Å². The fourth-order valence-corrected chi connectivity index (χ4v) is 3.27. The summed E-state index contributed by atoms with van der Waals surface area (Å²) < 4.78 is 27.2. The number of aromatic nitrogens is 2. The van der Waals surface area contributed by atoms with Gasteiger partial charge in [-0.2, -0.15) is 5.10 Å². The number of carbonyl (C=O) groups excluding carboxylic acids is 1. The van der Waals surface area contributed by atoms with Gasteiger partial charge in [0.25, 0.3) is 5.91 Å². The van der Waals surface area contributed by atoms with E-state index in [9.17, 15) is 9.18 Å². The maximum Gasteiger partial charge on any atom is 0.259 e. The van der Waals surface area contributed by atoms with Crippen LogP contribution in [0.1, 0.15) is 16.1 Å². The lowest BCUT2D eigenvalue weighted by atomic mass is 10.2. The van der Waals surface area contributed by atoms with Gasteiger partial charge in [-0.25, -0.2) is 9.07 Å². The van der Waals surface area contributed by atoms with Gasteiger partial charge in [0.05, 0.1) is 23.1 Å². The molecule has 6 nitrogen and oxygen atoms in total. The summed E-state index contributed by atoms with van der Waals surface area (Å²) in [4.78, 5) is 12.7. The van der Waals surface area contributed by atoms with E-state index in [1.54, 1.807) is 37.3 Å². The van der Waals surface area contributed by atoms with E-state index in [2.05, 4.69) is 26.3 Å². The van der Waals surface area contributed by atoms with Gasteiger partial charge in [-0.15, -0.1) is 0 Å². The first-order valence-corrected chi connectivity index (χ1v) is 9.04. The van der Waals surface area contributed by atoms with E-state index in [1.807, 2.05) is 0 Å². The van der Waals surface area contributed by atoms with Crippen LogP contribution in [0.5, 0.6) is 11.5 Å². The van der Waals surface area contributed by atoms with Gasteiger partial charge in [0, 0.05) is 16.6 Å². The molecule has 0 fully saturated rings. The SMILES string of the molecule is Cc1c(C(=O)Nc2cc3c(cc2Br)OCCO3)cnn1-c1ccccc1F. The van der Waals surface area contributed by atoms with Crippen molar-refractivity contribution in [2.24, 2.45) is 0 Å². The van der Waals surface area contributed by atoms with Gasteiger partial charge in [0.1, 0.15) is 24.7 Å². The number of ether oxygens (including phenoxy) is 2. The van der Waals surface area contributed by atoms with Gasteiger partial charge in [-0.3, -0.25) is 4.79 Å². The van der Waals surface area contributed by atoms with Crippen LogP contribution in [0, 0.1) is 12.7 Å². The van der Waals surface area contributed by atoms with Crippen molar-refractivity contribution >= 4 is 27.5 Å². The van der Waals surface area contributed by atoms with Gasteiger partial charge in [0.2, 0.25) is 0 Å². The highest BCUT2D eigenvalue weighted by Gasteiger charge is 2.20. The van der Waals surface area contributed by atoms with Crippen molar-refractivity contribution in [2.45, 2.75) is 6.92 Å². The van der Waals surface area contributed by atoms with Crippen LogP contribution in [0.2, 0.25) is 0 Å². The van der Waals surface area contributed by atoms with Gasteiger partial charge in [0.15, 0.2) is 11.5 Å². The minimum Gasteiger partial charge on any atom is -0.486 e. The highest BCUT2D eigenvalue weighted by atomic mass is 79.9. The van der Waals surface area contributed by atoms with E-state index < -0.39 is 5.82 Å². The Bertz CT molecular complexity index is 1040. The number of hydrogen-bond acceptors (Lipinski definition) is 4. The van der Waals surface area contributed by atoms with E-state index in [-0.39, 0.29) is 11.6 Å². The Labute approximate surface area is 163 Å². The Hall–Kier alpha value is -2.87. The number of halogens is 2. The molecule has 138 valence electrons. The molecule has 0 saturated heterocycles. The number of hydrogen-bond donors (Lipinski definition) is 1. The molecule has 1 aliphatic heterocycles. The molecule has 8 heteroatoms. The predicted octanol–water partition coefficient (Wildman–Crippen LogP) is 4.11. The van der Waals surface area contributed by atoms with Crippen LogP contribution >= 0.6 is 15.9 Å². The summed E-state index contributed by atoms with van der Waals surface area (Å²) in [6, 6.07) is 9.72. The molecule has 4 rings (SSSR count). The molecular formula is C19H15BrFN3O3. The third kappa shape index (κ3) is 3.28. The zero-order valence-corrected chi connectivity index (χ0v) is 15.9. The predicted molar refractivity (Wildman–Crippen MR) is 101 cm³/mol. The highest BCUT2D eigenvalue weighted by Crippen LogP contribution is 2.38. The van der Waals surface area contributed by atoms with Gasteiger partial charge < -0.3 is 14.8 Å². The molecule has 1 N–H and O–H groups in total. The van der Waals surface area contributed by atoms with E-state index in [1.165, 1.54) is 16.9 Å². The van der Waals surface area contributed by atoms with Gasteiger partial charge in [-0.1, -0.05) is 12.1 Å². The molecule has 2 aromatic carbocycles. The van der Waals surface area contributed by atoms with Crippen molar-refractivity contribution in [3.05, 3.63) is 64.1 Å². The van der Waals surface area contributed by atoms with Crippen molar-refractivity contribution < 1.29 is 18.7 Å². The lowest BCUT2D eigenvalue weighted by molar-refractivity contribution is 0.102. The van der Waals surface area contributed by atoms with Crippen LogP contribution in [0.15, 0.2) is 47.1 Å². The molecule has 0 aliphatic carbocycles. The normalized spacial score (nSPS) is 12.7. The fourth-order valence-electron chi connectivity index (χ4n) is 2.85. The second-order valence-corrected chi connectivity index (χ2v) is 6.79. The Morgan fingerprint density at radius 2 is 1.93 bits per heavy atom. The highest BCUT2D eigenvalue weighted by molar-refractivity contribution is 9.10. The molecule has 1 aliphatic rings. The van der Waals surface area contributed by atoms with Crippen molar-refractivity contribution in [3.8, 4) is 17.2 Å². The number of benzene rings is 2.